The van der Waals surface area contributed by atoms with Crippen LogP contribution in [0.1, 0.15) is 23.5 Å². The summed E-state index contributed by atoms with van der Waals surface area (Å²) in [6, 6.07) is 18.2. The maximum Gasteiger partial charge on any atom is 0.191 e. The van der Waals surface area contributed by atoms with Crippen molar-refractivity contribution in [2.24, 2.45) is 4.99 Å². The predicted octanol–water partition coefficient (Wildman–Crippen LogP) is 3.27. The summed E-state index contributed by atoms with van der Waals surface area (Å²) in [5.74, 6) is 0.679. The normalized spacial score (nSPS) is 12.8. The summed E-state index contributed by atoms with van der Waals surface area (Å²) in [5, 5.41) is 22.4. The minimum atomic E-state index is -0.590. The van der Waals surface area contributed by atoms with E-state index in [1.54, 1.807) is 22.3 Å². The fourth-order valence-corrected chi connectivity index (χ4v) is 4.12. The highest BCUT2D eigenvalue weighted by Gasteiger charge is 2.12. The number of nitrogens with one attached hydrogen (secondary N) is 2. The Balaban J connectivity index is 1.37. The molecular formula is C22H24N6OS. The minimum Gasteiger partial charge on any atom is -0.386 e. The number of aromatic nitrogens is 3. The quantitative estimate of drug-likeness (QED) is 0.316. The molecule has 0 spiro atoms. The lowest BCUT2D eigenvalue weighted by Crippen LogP contribution is -2.39. The van der Waals surface area contributed by atoms with Crippen molar-refractivity contribution in [3.63, 3.8) is 0 Å². The van der Waals surface area contributed by atoms with Crippen LogP contribution in [0.5, 0.6) is 0 Å². The van der Waals surface area contributed by atoms with Gasteiger partial charge in [-0.25, -0.2) is 14.7 Å². The van der Waals surface area contributed by atoms with Gasteiger partial charge in [0.15, 0.2) is 5.96 Å². The zero-order valence-electron chi connectivity index (χ0n) is 16.7. The topological polar surface area (TPSA) is 87.4 Å². The average Bonchev–Trinajstić information content (AvgIpc) is 3.46. The molecule has 1 unspecified atom stereocenters. The number of hydrogen-bond acceptors (Lipinski definition) is 5. The van der Waals surface area contributed by atoms with E-state index in [2.05, 4.69) is 37.8 Å². The van der Waals surface area contributed by atoms with E-state index in [4.69, 9.17) is 0 Å². The molecule has 0 amide bonds. The molecule has 1 atom stereocenters. The van der Waals surface area contributed by atoms with Gasteiger partial charge >= 0.3 is 0 Å². The number of aliphatic hydroxyl groups is 1. The van der Waals surface area contributed by atoms with Crippen molar-refractivity contribution in [1.82, 2.24) is 25.4 Å². The Bertz CT molecular complexity index is 1070. The molecule has 154 valence electrons. The third-order valence-corrected chi connectivity index (χ3v) is 5.84. The minimum absolute atomic E-state index is 0.393. The molecule has 0 aliphatic carbocycles. The first-order valence-corrected chi connectivity index (χ1v) is 10.7. The van der Waals surface area contributed by atoms with Crippen LogP contribution < -0.4 is 10.6 Å². The molecular weight excluding hydrogens is 396 g/mol. The number of nitrogens with zero attached hydrogens (tertiary/aromatic N) is 4. The molecule has 0 radical (unpaired) electrons. The first kappa shape index (κ1) is 20.1. The van der Waals surface area contributed by atoms with Crippen molar-refractivity contribution in [3.05, 3.63) is 77.7 Å². The standard InChI is InChI=1S/C22H24N6OS/c1-2-24-22(25-12-16-7-9-18(10-8-16)28-15-23-14-27-28)26-13-19(29)21-11-17-5-3-4-6-20(17)30-21/h3-11,14-15,19,29H,2,12-13H2,1H3,(H2,24,25,26). The van der Waals surface area contributed by atoms with Gasteiger partial charge in [-0.05, 0) is 42.1 Å². The molecule has 30 heavy (non-hydrogen) atoms. The Kier molecular flexibility index (Phi) is 6.36. The highest BCUT2D eigenvalue weighted by molar-refractivity contribution is 7.19. The Morgan fingerprint density at radius 1 is 1.17 bits per heavy atom. The first-order valence-electron chi connectivity index (χ1n) is 9.85. The molecule has 0 fully saturated rings. The largest absolute Gasteiger partial charge is 0.386 e. The fourth-order valence-electron chi connectivity index (χ4n) is 3.07. The summed E-state index contributed by atoms with van der Waals surface area (Å²) in [6.07, 6.45) is 2.59. The SMILES string of the molecule is CCNC(=NCc1ccc(-n2cncn2)cc1)NCC(O)c1cc2ccccc2s1. The smallest absolute Gasteiger partial charge is 0.191 e. The monoisotopic (exact) mass is 420 g/mol. The first-order chi connectivity index (χ1) is 14.7. The average molecular weight is 421 g/mol. The third-order valence-electron chi connectivity index (χ3n) is 4.62. The molecule has 8 heteroatoms. The molecule has 0 saturated carbocycles. The van der Waals surface area contributed by atoms with Gasteiger partial charge in [-0.2, -0.15) is 5.10 Å². The van der Waals surface area contributed by atoms with E-state index in [0.717, 1.165) is 28.1 Å². The van der Waals surface area contributed by atoms with Crippen molar-refractivity contribution in [1.29, 1.82) is 0 Å². The van der Waals surface area contributed by atoms with Gasteiger partial charge in [-0.3, -0.25) is 0 Å². The van der Waals surface area contributed by atoms with E-state index >= 15 is 0 Å². The number of thiophene rings is 1. The molecule has 4 aromatic rings. The Hall–Kier alpha value is -3.23. The van der Waals surface area contributed by atoms with Crippen LogP contribution in [-0.4, -0.2) is 38.9 Å². The van der Waals surface area contributed by atoms with Crippen molar-refractivity contribution in [2.75, 3.05) is 13.1 Å². The van der Waals surface area contributed by atoms with Crippen LogP contribution in [0, 0.1) is 0 Å². The molecule has 2 heterocycles. The molecule has 0 aliphatic heterocycles. The number of fused-ring (bicyclic) bond motifs is 1. The third kappa shape index (κ3) is 4.84. The zero-order valence-corrected chi connectivity index (χ0v) is 17.5. The van der Waals surface area contributed by atoms with Crippen LogP contribution in [0.4, 0.5) is 0 Å². The molecule has 4 rings (SSSR count). The van der Waals surface area contributed by atoms with Crippen molar-refractivity contribution in [3.8, 4) is 5.69 Å². The van der Waals surface area contributed by atoms with E-state index in [0.29, 0.717) is 19.0 Å². The number of benzene rings is 2. The van der Waals surface area contributed by atoms with Gasteiger partial charge in [0.05, 0.1) is 12.2 Å². The summed E-state index contributed by atoms with van der Waals surface area (Å²) >= 11 is 1.62. The van der Waals surface area contributed by atoms with Crippen molar-refractivity contribution >= 4 is 27.4 Å². The Morgan fingerprint density at radius 3 is 2.73 bits per heavy atom. The second-order valence-electron chi connectivity index (χ2n) is 6.78. The van der Waals surface area contributed by atoms with Gasteiger partial charge in [0.2, 0.25) is 0 Å². The number of aliphatic imine (C=N–C) groups is 1. The second kappa shape index (κ2) is 9.51. The molecule has 2 aromatic carbocycles. The molecule has 0 saturated heterocycles. The number of rotatable bonds is 7. The van der Waals surface area contributed by atoms with E-state index in [-0.39, 0.29) is 0 Å². The lowest BCUT2D eigenvalue weighted by molar-refractivity contribution is 0.184. The molecule has 3 N–H and O–H groups in total. The predicted molar refractivity (Wildman–Crippen MR) is 121 cm³/mol. The van der Waals surface area contributed by atoms with Gasteiger partial charge in [0, 0.05) is 22.7 Å². The second-order valence-corrected chi connectivity index (χ2v) is 7.90. The summed E-state index contributed by atoms with van der Waals surface area (Å²) in [5.41, 5.74) is 2.04. The molecule has 0 aliphatic rings. The fraction of sp³-hybridized carbons (Fsp3) is 0.227. The lowest BCUT2D eigenvalue weighted by Gasteiger charge is -2.14. The maximum absolute atomic E-state index is 10.6. The van der Waals surface area contributed by atoms with Gasteiger partial charge in [-0.15, -0.1) is 11.3 Å². The van der Waals surface area contributed by atoms with Gasteiger partial charge in [0.1, 0.15) is 18.8 Å². The number of guanidine groups is 1. The van der Waals surface area contributed by atoms with Crippen LogP contribution in [0.3, 0.4) is 0 Å². The summed E-state index contributed by atoms with van der Waals surface area (Å²) < 4.78 is 2.90. The van der Waals surface area contributed by atoms with Gasteiger partial charge in [0.25, 0.3) is 0 Å². The van der Waals surface area contributed by atoms with Crippen LogP contribution >= 0.6 is 11.3 Å². The number of hydrogen-bond donors (Lipinski definition) is 3. The van der Waals surface area contributed by atoms with E-state index in [1.807, 2.05) is 49.4 Å². The number of aliphatic hydroxyl groups excluding tert-OH is 1. The van der Waals surface area contributed by atoms with E-state index < -0.39 is 6.10 Å². The summed E-state index contributed by atoms with van der Waals surface area (Å²) in [6.45, 7) is 3.69. The highest BCUT2D eigenvalue weighted by atomic mass is 32.1. The Morgan fingerprint density at radius 2 is 2.00 bits per heavy atom. The van der Waals surface area contributed by atoms with Crippen molar-refractivity contribution in [2.45, 2.75) is 19.6 Å². The molecule has 2 aromatic heterocycles. The van der Waals surface area contributed by atoms with Crippen LogP contribution in [0.2, 0.25) is 0 Å². The molecule has 0 bridgehead atoms. The van der Waals surface area contributed by atoms with E-state index in [9.17, 15) is 5.11 Å². The Labute approximate surface area is 179 Å². The van der Waals surface area contributed by atoms with Crippen LogP contribution in [0.15, 0.2) is 72.2 Å². The summed E-state index contributed by atoms with van der Waals surface area (Å²) in [7, 11) is 0. The van der Waals surface area contributed by atoms with Crippen molar-refractivity contribution < 1.29 is 5.11 Å². The van der Waals surface area contributed by atoms with Gasteiger partial charge in [-0.1, -0.05) is 30.3 Å². The zero-order chi connectivity index (χ0) is 20.8. The molecule has 7 nitrogen and oxygen atoms in total. The highest BCUT2D eigenvalue weighted by Crippen LogP contribution is 2.29. The van der Waals surface area contributed by atoms with E-state index in [1.165, 1.54) is 11.0 Å². The van der Waals surface area contributed by atoms with Crippen LogP contribution in [0.25, 0.3) is 15.8 Å². The van der Waals surface area contributed by atoms with Gasteiger partial charge < -0.3 is 15.7 Å². The summed E-state index contributed by atoms with van der Waals surface area (Å²) in [4.78, 5) is 9.55. The van der Waals surface area contributed by atoms with Crippen LogP contribution in [-0.2, 0) is 6.54 Å². The maximum atomic E-state index is 10.6. The lowest BCUT2D eigenvalue weighted by atomic mass is 10.2.